The molecule has 3 heteroatoms. The molecule has 0 amide bonds. The van der Waals surface area contributed by atoms with Crippen molar-refractivity contribution in [1.29, 1.82) is 0 Å². The lowest BCUT2D eigenvalue weighted by Crippen LogP contribution is -2.28. The molecule has 1 atom stereocenters. The van der Waals surface area contributed by atoms with Gasteiger partial charge in [0, 0.05) is 11.1 Å². The maximum Gasteiger partial charge on any atom is 0.343 e. The van der Waals surface area contributed by atoms with Gasteiger partial charge >= 0.3 is 5.63 Å². The van der Waals surface area contributed by atoms with E-state index in [1.165, 1.54) is 0 Å². The van der Waals surface area contributed by atoms with Crippen molar-refractivity contribution in [1.82, 2.24) is 0 Å². The van der Waals surface area contributed by atoms with Crippen LogP contribution in [0.5, 0.6) is 5.75 Å². The van der Waals surface area contributed by atoms with Crippen LogP contribution in [0.15, 0.2) is 21.3 Å². The first-order valence-electron chi connectivity index (χ1n) is 6.68. The summed E-state index contributed by atoms with van der Waals surface area (Å²) in [6.45, 7) is 2.55. The second-order valence-electron chi connectivity index (χ2n) is 5.28. The van der Waals surface area contributed by atoms with E-state index in [1.54, 1.807) is 0 Å². The third-order valence-corrected chi connectivity index (χ3v) is 3.98. The van der Waals surface area contributed by atoms with Crippen LogP contribution in [0.2, 0.25) is 0 Å². The first-order chi connectivity index (χ1) is 9.25. The van der Waals surface area contributed by atoms with Gasteiger partial charge < -0.3 is 9.15 Å². The van der Waals surface area contributed by atoms with Gasteiger partial charge in [0.05, 0.1) is 17.6 Å². The molecule has 19 heavy (non-hydrogen) atoms. The lowest BCUT2D eigenvalue weighted by atomic mass is 10.0. The van der Waals surface area contributed by atoms with Gasteiger partial charge in [-0.25, -0.2) is 4.79 Å². The molecular weight excluding hydrogens is 240 g/mol. The molecule has 0 spiro atoms. The van der Waals surface area contributed by atoms with Crippen molar-refractivity contribution < 1.29 is 9.15 Å². The summed E-state index contributed by atoms with van der Waals surface area (Å²) in [7, 11) is 0. The Morgan fingerprint density at radius 3 is 2.95 bits per heavy atom. The van der Waals surface area contributed by atoms with E-state index in [1.807, 2.05) is 13.0 Å². The maximum absolute atomic E-state index is 12.2. The topological polar surface area (TPSA) is 39.4 Å². The number of fused-ring (bicyclic) bond motifs is 5. The first-order valence-corrected chi connectivity index (χ1v) is 6.68. The van der Waals surface area contributed by atoms with E-state index >= 15 is 0 Å². The number of hydrogen-bond acceptors (Lipinski definition) is 3. The first kappa shape index (κ1) is 10.9. The monoisotopic (exact) mass is 254 g/mol. The van der Waals surface area contributed by atoms with Gasteiger partial charge in [-0.3, -0.25) is 0 Å². The van der Waals surface area contributed by atoms with Crippen LogP contribution < -0.4 is 20.8 Å². The van der Waals surface area contributed by atoms with E-state index < -0.39 is 0 Å². The zero-order chi connectivity index (χ0) is 13.0. The van der Waals surface area contributed by atoms with E-state index in [9.17, 15) is 4.79 Å². The fraction of sp³-hybridized carbons (Fsp3) is 0.312. The third-order valence-electron chi connectivity index (χ3n) is 3.98. The molecule has 1 aliphatic heterocycles. The van der Waals surface area contributed by atoms with E-state index in [2.05, 4.69) is 18.2 Å². The summed E-state index contributed by atoms with van der Waals surface area (Å²) in [6, 6.07) is 4.09. The molecule has 96 valence electrons. The molecule has 1 aliphatic carbocycles. The number of rotatable bonds is 0. The number of benzene rings is 1. The molecule has 2 aromatic rings. The summed E-state index contributed by atoms with van der Waals surface area (Å²) in [5.41, 5.74) is 1.11. The summed E-state index contributed by atoms with van der Waals surface area (Å²) in [5.74, 6) is 0.836. The van der Waals surface area contributed by atoms with Crippen LogP contribution in [0.1, 0.15) is 31.2 Å². The Kier molecular flexibility index (Phi) is 2.13. The lowest BCUT2D eigenvalue weighted by Gasteiger charge is -2.07. The van der Waals surface area contributed by atoms with Crippen LogP contribution in [0.25, 0.3) is 23.1 Å². The summed E-state index contributed by atoms with van der Waals surface area (Å²) < 4.78 is 11.3. The molecule has 1 aromatic carbocycles. The Morgan fingerprint density at radius 2 is 2.05 bits per heavy atom. The fourth-order valence-electron chi connectivity index (χ4n) is 3.02. The van der Waals surface area contributed by atoms with Gasteiger partial charge in [-0.1, -0.05) is 25.1 Å². The Labute approximate surface area is 109 Å². The van der Waals surface area contributed by atoms with Crippen LogP contribution in [-0.4, -0.2) is 6.61 Å². The van der Waals surface area contributed by atoms with Crippen molar-refractivity contribution in [3.05, 3.63) is 38.6 Å². The highest BCUT2D eigenvalue weighted by molar-refractivity contribution is 5.86. The van der Waals surface area contributed by atoms with Gasteiger partial charge in [0.15, 0.2) is 0 Å². The molecule has 2 aliphatic rings. The standard InChI is InChI=1S/C16H14O3/c1-9-8-18-15-12-7-6-10-4-2-3-5-11(10)14(12)19-16(17)13(9)15/h4-7,9H,2-3,8H2,1H3/t9-/m0/s1. The van der Waals surface area contributed by atoms with Crippen molar-refractivity contribution >= 4 is 23.1 Å². The van der Waals surface area contributed by atoms with Crippen molar-refractivity contribution in [2.45, 2.75) is 25.7 Å². The molecule has 0 N–H and O–H groups in total. The number of hydrogen-bond donors (Lipinski definition) is 0. The predicted molar refractivity (Wildman–Crippen MR) is 73.8 cm³/mol. The summed E-state index contributed by atoms with van der Waals surface area (Å²) in [4.78, 5) is 12.2. The van der Waals surface area contributed by atoms with Crippen LogP contribution in [0, 0.1) is 0 Å². The molecule has 0 saturated heterocycles. The van der Waals surface area contributed by atoms with Gasteiger partial charge in [0.25, 0.3) is 0 Å². The van der Waals surface area contributed by atoms with Gasteiger partial charge in [-0.15, -0.1) is 0 Å². The Morgan fingerprint density at radius 1 is 1.21 bits per heavy atom. The molecule has 0 saturated carbocycles. The van der Waals surface area contributed by atoms with Crippen molar-refractivity contribution in [2.24, 2.45) is 0 Å². The van der Waals surface area contributed by atoms with E-state index in [0.29, 0.717) is 17.8 Å². The van der Waals surface area contributed by atoms with E-state index in [4.69, 9.17) is 9.15 Å². The SMILES string of the molecule is C[C@H]1COc2c1c(=O)oc1c3c(ccc21)=CCCC=3. The molecule has 0 unspecified atom stereocenters. The Hall–Kier alpha value is -2.03. The Balaban J connectivity index is 2.24. The van der Waals surface area contributed by atoms with Crippen molar-refractivity contribution in [3.8, 4) is 5.75 Å². The summed E-state index contributed by atoms with van der Waals surface area (Å²) in [6.07, 6.45) is 6.36. The second kappa shape index (κ2) is 3.73. The average Bonchev–Trinajstić information content (AvgIpc) is 2.82. The highest BCUT2D eigenvalue weighted by Crippen LogP contribution is 2.35. The Bertz CT molecular complexity index is 858. The highest BCUT2D eigenvalue weighted by atomic mass is 16.5. The van der Waals surface area contributed by atoms with Gasteiger partial charge in [0.2, 0.25) is 0 Å². The smallest absolute Gasteiger partial charge is 0.343 e. The molecule has 2 heterocycles. The highest BCUT2D eigenvalue weighted by Gasteiger charge is 2.27. The summed E-state index contributed by atoms with van der Waals surface area (Å²) >= 11 is 0. The molecule has 0 bridgehead atoms. The zero-order valence-electron chi connectivity index (χ0n) is 10.7. The summed E-state index contributed by atoms with van der Waals surface area (Å²) in [5, 5.41) is 3.10. The fourth-order valence-corrected chi connectivity index (χ4v) is 3.02. The van der Waals surface area contributed by atoms with E-state index in [0.717, 1.165) is 34.4 Å². The van der Waals surface area contributed by atoms with Gasteiger partial charge in [-0.05, 0) is 24.1 Å². The molecule has 3 nitrogen and oxygen atoms in total. The van der Waals surface area contributed by atoms with Crippen molar-refractivity contribution in [3.63, 3.8) is 0 Å². The normalized spacial score (nSPS) is 20.2. The minimum Gasteiger partial charge on any atom is -0.492 e. The quantitative estimate of drug-likeness (QED) is 0.671. The molecule has 4 rings (SSSR count). The van der Waals surface area contributed by atoms with Crippen molar-refractivity contribution in [2.75, 3.05) is 6.61 Å². The predicted octanol–water partition coefficient (Wildman–Crippen LogP) is 1.64. The third kappa shape index (κ3) is 1.41. The largest absolute Gasteiger partial charge is 0.492 e. The van der Waals surface area contributed by atoms with Gasteiger partial charge in [0.1, 0.15) is 11.3 Å². The van der Waals surface area contributed by atoms with E-state index in [-0.39, 0.29) is 11.5 Å². The minimum atomic E-state index is -0.250. The molecule has 1 aromatic heterocycles. The number of ether oxygens (including phenoxy) is 1. The lowest BCUT2D eigenvalue weighted by molar-refractivity contribution is 0.340. The second-order valence-corrected chi connectivity index (χ2v) is 5.28. The maximum atomic E-state index is 12.2. The molecule has 0 radical (unpaired) electrons. The van der Waals surface area contributed by atoms with Crippen LogP contribution in [-0.2, 0) is 0 Å². The zero-order valence-corrected chi connectivity index (χ0v) is 10.7. The molecule has 0 fully saturated rings. The minimum absolute atomic E-state index is 0.113. The van der Waals surface area contributed by atoms with Gasteiger partial charge in [-0.2, -0.15) is 0 Å². The average molecular weight is 254 g/mol. The van der Waals surface area contributed by atoms with Crippen LogP contribution >= 0.6 is 0 Å². The van der Waals surface area contributed by atoms with Crippen LogP contribution in [0.3, 0.4) is 0 Å². The van der Waals surface area contributed by atoms with Crippen LogP contribution in [0.4, 0.5) is 0 Å². The molecular formula is C16H14O3.